The average Bonchev–Trinajstić information content (AvgIpc) is 3.51. The summed E-state index contributed by atoms with van der Waals surface area (Å²) in [6.45, 7) is 4.64. The highest BCUT2D eigenvalue weighted by Crippen LogP contribution is 2.32. The number of nitrogens with two attached hydrogens (primary N) is 1. The van der Waals surface area contributed by atoms with Crippen molar-refractivity contribution in [1.29, 1.82) is 0 Å². The van der Waals surface area contributed by atoms with Gasteiger partial charge < -0.3 is 30.7 Å². The molecular formula is C18H31N5O3. The van der Waals surface area contributed by atoms with E-state index in [0.717, 1.165) is 37.9 Å². The largest absolute Gasteiger partial charge is 0.481 e. The van der Waals surface area contributed by atoms with Gasteiger partial charge in [0, 0.05) is 30.9 Å². The summed E-state index contributed by atoms with van der Waals surface area (Å²) in [5, 5.41) is 6.70. The predicted molar refractivity (Wildman–Crippen MR) is 99.7 cm³/mol. The first-order valence-electron chi connectivity index (χ1n) is 9.58. The molecule has 0 aromatic heterocycles. The van der Waals surface area contributed by atoms with Gasteiger partial charge in [0.25, 0.3) is 5.91 Å². The van der Waals surface area contributed by atoms with Gasteiger partial charge in [-0.15, -0.1) is 0 Å². The van der Waals surface area contributed by atoms with Crippen LogP contribution in [0.5, 0.6) is 0 Å². The molecule has 1 aliphatic carbocycles. The van der Waals surface area contributed by atoms with E-state index < -0.39 is 6.10 Å². The van der Waals surface area contributed by atoms with Gasteiger partial charge >= 0.3 is 0 Å². The summed E-state index contributed by atoms with van der Waals surface area (Å²) in [6.07, 6.45) is 5.23. The number of nitrogens with zero attached hydrogens (tertiary/aromatic N) is 2. The number of hydrogen-bond acceptors (Lipinski definition) is 7. The molecule has 3 atom stereocenters. The van der Waals surface area contributed by atoms with Gasteiger partial charge in [-0.2, -0.15) is 0 Å². The van der Waals surface area contributed by atoms with Gasteiger partial charge in [0.15, 0.2) is 0 Å². The second-order valence-electron chi connectivity index (χ2n) is 7.08. The van der Waals surface area contributed by atoms with Crippen LogP contribution in [0.25, 0.3) is 0 Å². The summed E-state index contributed by atoms with van der Waals surface area (Å²) in [7, 11) is 1.62. The molecule has 1 saturated heterocycles. The second-order valence-corrected chi connectivity index (χ2v) is 7.08. The molecule has 1 unspecified atom stereocenters. The van der Waals surface area contributed by atoms with Crippen LogP contribution in [0.2, 0.25) is 0 Å². The molecule has 2 aliphatic heterocycles. The molecular weight excluding hydrogens is 334 g/mol. The third-order valence-electron chi connectivity index (χ3n) is 5.05. The summed E-state index contributed by atoms with van der Waals surface area (Å²) in [6, 6.07) is 0.208. The second kappa shape index (κ2) is 8.83. The fourth-order valence-corrected chi connectivity index (χ4v) is 3.47. The van der Waals surface area contributed by atoms with Gasteiger partial charge in [-0.3, -0.25) is 4.79 Å². The number of nitrogens with one attached hydrogen (secondary N) is 2. The van der Waals surface area contributed by atoms with Gasteiger partial charge in [-0.05, 0) is 39.2 Å². The van der Waals surface area contributed by atoms with E-state index >= 15 is 0 Å². The molecule has 0 bridgehead atoms. The average molecular weight is 365 g/mol. The number of morpholine rings is 1. The van der Waals surface area contributed by atoms with E-state index in [9.17, 15) is 4.79 Å². The predicted octanol–water partition coefficient (Wildman–Crippen LogP) is -0.0487. The lowest BCUT2D eigenvalue weighted by atomic mass is 10.1. The first kappa shape index (κ1) is 19.1. The van der Waals surface area contributed by atoms with E-state index in [0.29, 0.717) is 25.6 Å². The monoisotopic (exact) mass is 365 g/mol. The fraction of sp³-hybridized carbons (Fsp3) is 0.778. The van der Waals surface area contributed by atoms with Crippen LogP contribution in [0.3, 0.4) is 0 Å². The van der Waals surface area contributed by atoms with E-state index in [1.54, 1.807) is 7.11 Å². The van der Waals surface area contributed by atoms with Crippen molar-refractivity contribution in [1.82, 2.24) is 15.5 Å². The Morgan fingerprint density at radius 1 is 1.54 bits per heavy atom. The highest BCUT2D eigenvalue weighted by Gasteiger charge is 2.41. The molecule has 0 aromatic carbocycles. The molecule has 2 fully saturated rings. The van der Waals surface area contributed by atoms with Gasteiger partial charge in [-0.25, -0.2) is 4.99 Å². The third kappa shape index (κ3) is 4.55. The van der Waals surface area contributed by atoms with Crippen LogP contribution in [-0.4, -0.2) is 74.4 Å². The Bertz CT molecular complexity index is 555. The maximum atomic E-state index is 13.1. The number of carbonyl (C=O) groups is 1. The number of hydrogen-bond donors (Lipinski definition) is 3. The molecule has 1 saturated carbocycles. The van der Waals surface area contributed by atoms with E-state index in [-0.39, 0.29) is 24.2 Å². The highest BCUT2D eigenvalue weighted by molar-refractivity contribution is 5.89. The van der Waals surface area contributed by atoms with Crippen molar-refractivity contribution in [2.75, 3.05) is 33.4 Å². The topological polar surface area (TPSA) is 101 Å². The minimum absolute atomic E-state index is 0.0647. The van der Waals surface area contributed by atoms with E-state index in [2.05, 4.69) is 22.5 Å². The molecule has 2 heterocycles. The summed E-state index contributed by atoms with van der Waals surface area (Å²) in [5.74, 6) is 0.654. The number of carbonyl (C=O) groups excluding carboxylic acids is 1. The van der Waals surface area contributed by atoms with Gasteiger partial charge in [0.2, 0.25) is 5.90 Å². The summed E-state index contributed by atoms with van der Waals surface area (Å²) in [5.41, 5.74) is 6.59. The lowest BCUT2D eigenvalue weighted by Crippen LogP contribution is -2.54. The van der Waals surface area contributed by atoms with Crippen LogP contribution in [-0.2, 0) is 14.3 Å². The third-order valence-corrected chi connectivity index (χ3v) is 5.05. The standard InChI is InChI=1S/C18H31N5O3/c1-12(14-10-17(25-2)22-16(21-14)4-3-7-19)23(13-5-6-13)18(24)15-11-20-8-9-26-15/h10,12-13,15-16,20-21H,3-9,11,19H2,1-2H3/t12-,15-,16?/m1/s1. The van der Waals surface area contributed by atoms with E-state index in [1.807, 2.05) is 11.0 Å². The van der Waals surface area contributed by atoms with Crippen molar-refractivity contribution < 1.29 is 14.3 Å². The van der Waals surface area contributed by atoms with Crippen LogP contribution in [0.1, 0.15) is 32.6 Å². The lowest BCUT2D eigenvalue weighted by molar-refractivity contribution is -0.147. The van der Waals surface area contributed by atoms with Crippen LogP contribution in [0.4, 0.5) is 0 Å². The van der Waals surface area contributed by atoms with Gasteiger partial charge in [-0.1, -0.05) is 0 Å². The van der Waals surface area contributed by atoms with Crippen LogP contribution < -0.4 is 16.4 Å². The Morgan fingerprint density at radius 2 is 2.35 bits per heavy atom. The molecule has 0 spiro atoms. The Balaban J connectivity index is 1.73. The summed E-state index contributed by atoms with van der Waals surface area (Å²) >= 11 is 0. The van der Waals surface area contributed by atoms with Crippen molar-refractivity contribution in [3.05, 3.63) is 11.8 Å². The Labute approximate surface area is 155 Å². The van der Waals surface area contributed by atoms with Crippen molar-refractivity contribution >= 4 is 11.8 Å². The molecule has 146 valence electrons. The molecule has 8 nitrogen and oxygen atoms in total. The molecule has 8 heteroatoms. The van der Waals surface area contributed by atoms with Crippen molar-refractivity contribution in [2.45, 2.75) is 57.0 Å². The lowest BCUT2D eigenvalue weighted by Gasteiger charge is -2.37. The number of ether oxygens (including phenoxy) is 2. The zero-order chi connectivity index (χ0) is 18.5. The van der Waals surface area contributed by atoms with Crippen LogP contribution >= 0.6 is 0 Å². The zero-order valence-corrected chi connectivity index (χ0v) is 15.7. The summed E-state index contributed by atoms with van der Waals surface area (Å²) in [4.78, 5) is 19.6. The van der Waals surface area contributed by atoms with Crippen molar-refractivity contribution in [2.24, 2.45) is 10.7 Å². The van der Waals surface area contributed by atoms with Crippen molar-refractivity contribution in [3.63, 3.8) is 0 Å². The van der Waals surface area contributed by atoms with Crippen LogP contribution in [0.15, 0.2) is 16.8 Å². The first-order chi connectivity index (χ1) is 12.6. The normalized spacial score (nSPS) is 27.0. The van der Waals surface area contributed by atoms with E-state index in [1.165, 1.54) is 0 Å². The zero-order valence-electron chi connectivity index (χ0n) is 15.7. The SMILES string of the molecule is COC1=NC(CCCN)NC([C@@H](C)N(C(=O)[C@H]2CNCCO2)C2CC2)=C1. The molecule has 26 heavy (non-hydrogen) atoms. The highest BCUT2D eigenvalue weighted by atomic mass is 16.5. The maximum absolute atomic E-state index is 13.1. The molecule has 0 radical (unpaired) electrons. The molecule has 3 rings (SSSR count). The smallest absolute Gasteiger partial charge is 0.253 e. The Hall–Kier alpha value is -1.64. The van der Waals surface area contributed by atoms with Gasteiger partial charge in [0.05, 0.1) is 19.8 Å². The maximum Gasteiger partial charge on any atom is 0.253 e. The summed E-state index contributed by atoms with van der Waals surface area (Å²) < 4.78 is 11.1. The number of aliphatic imine (C=N–C) groups is 1. The Kier molecular flexibility index (Phi) is 6.50. The fourth-order valence-electron chi connectivity index (χ4n) is 3.47. The minimum Gasteiger partial charge on any atom is -0.481 e. The van der Waals surface area contributed by atoms with Crippen molar-refractivity contribution in [3.8, 4) is 0 Å². The number of methoxy groups -OCH3 is 1. The Morgan fingerprint density at radius 3 is 2.96 bits per heavy atom. The van der Waals surface area contributed by atoms with Crippen LogP contribution in [0, 0.1) is 0 Å². The molecule has 4 N–H and O–H groups in total. The first-order valence-corrected chi connectivity index (χ1v) is 9.58. The van der Waals surface area contributed by atoms with Gasteiger partial charge in [0.1, 0.15) is 12.3 Å². The number of amides is 1. The molecule has 0 aromatic rings. The quantitative estimate of drug-likeness (QED) is 0.585. The van der Waals surface area contributed by atoms with E-state index in [4.69, 9.17) is 15.2 Å². The molecule has 1 amide bonds. The minimum atomic E-state index is -0.403. The number of rotatable bonds is 7. The molecule has 3 aliphatic rings.